The number of hydrazine groups is 1. The van der Waals surface area contributed by atoms with Crippen molar-refractivity contribution in [3.8, 4) is 0 Å². The van der Waals surface area contributed by atoms with E-state index in [0.29, 0.717) is 0 Å². The number of nitrogens with one attached hydrogen (secondary N) is 1. The molecule has 18 heavy (non-hydrogen) atoms. The summed E-state index contributed by atoms with van der Waals surface area (Å²) in [7, 11) is 0. The van der Waals surface area contributed by atoms with Crippen LogP contribution in [-0.2, 0) is 0 Å². The largest absolute Gasteiger partial charge is 0.422 e. The molecule has 2 aromatic rings. The summed E-state index contributed by atoms with van der Waals surface area (Å²) in [6.07, 6.45) is 0. The zero-order chi connectivity index (χ0) is 13.3. The van der Waals surface area contributed by atoms with Crippen molar-refractivity contribution in [1.29, 1.82) is 0 Å². The molecular formula is C10H7N3O5. The Labute approximate surface area is 99.1 Å². The van der Waals surface area contributed by atoms with Crippen molar-refractivity contribution in [3.63, 3.8) is 0 Å². The van der Waals surface area contributed by atoms with Crippen molar-refractivity contribution >= 4 is 22.6 Å². The van der Waals surface area contributed by atoms with E-state index in [9.17, 15) is 19.7 Å². The molecule has 1 amide bonds. The number of hydrogen-bond acceptors (Lipinski definition) is 6. The van der Waals surface area contributed by atoms with E-state index in [1.54, 1.807) is 5.43 Å². The lowest BCUT2D eigenvalue weighted by Crippen LogP contribution is -2.33. The van der Waals surface area contributed by atoms with Gasteiger partial charge in [0.1, 0.15) is 11.1 Å². The van der Waals surface area contributed by atoms with E-state index < -0.39 is 16.5 Å². The number of fused-ring (bicyclic) bond motifs is 1. The lowest BCUT2D eigenvalue weighted by Gasteiger charge is -2.00. The van der Waals surface area contributed by atoms with Crippen LogP contribution >= 0.6 is 0 Å². The summed E-state index contributed by atoms with van der Waals surface area (Å²) in [6, 6.07) is 4.88. The zero-order valence-corrected chi connectivity index (χ0v) is 8.88. The quantitative estimate of drug-likeness (QED) is 0.259. The molecule has 8 nitrogen and oxygen atoms in total. The van der Waals surface area contributed by atoms with Crippen LogP contribution in [0.4, 0.5) is 5.69 Å². The van der Waals surface area contributed by atoms with Crippen molar-refractivity contribution < 1.29 is 14.1 Å². The lowest BCUT2D eigenvalue weighted by atomic mass is 10.1. The summed E-state index contributed by atoms with van der Waals surface area (Å²) < 4.78 is 4.86. The highest BCUT2D eigenvalue weighted by molar-refractivity contribution is 5.96. The number of amides is 1. The highest BCUT2D eigenvalue weighted by Gasteiger charge is 2.14. The van der Waals surface area contributed by atoms with Gasteiger partial charge in [0.05, 0.1) is 4.92 Å². The number of nitro groups is 1. The summed E-state index contributed by atoms with van der Waals surface area (Å²) in [5.41, 5.74) is 0.596. The third kappa shape index (κ3) is 1.92. The molecule has 92 valence electrons. The van der Waals surface area contributed by atoms with E-state index >= 15 is 0 Å². The molecule has 0 saturated heterocycles. The Bertz CT molecular complexity index is 706. The van der Waals surface area contributed by atoms with Crippen LogP contribution in [0.15, 0.2) is 33.5 Å². The van der Waals surface area contributed by atoms with Gasteiger partial charge in [0.15, 0.2) is 0 Å². The topological polar surface area (TPSA) is 128 Å². The number of nitrogens with two attached hydrogens (primary N) is 1. The Morgan fingerprint density at radius 1 is 1.39 bits per heavy atom. The number of nitrogens with zero attached hydrogens (tertiary/aromatic N) is 1. The average molecular weight is 249 g/mol. The van der Waals surface area contributed by atoms with Gasteiger partial charge in [-0.2, -0.15) is 0 Å². The molecule has 2 rings (SSSR count). The molecule has 0 radical (unpaired) electrons. The van der Waals surface area contributed by atoms with Crippen molar-refractivity contribution in [3.05, 3.63) is 50.4 Å². The fourth-order valence-corrected chi connectivity index (χ4v) is 1.46. The Morgan fingerprint density at radius 3 is 2.72 bits per heavy atom. The summed E-state index contributed by atoms with van der Waals surface area (Å²) in [5, 5.41) is 10.9. The fraction of sp³-hybridized carbons (Fsp3) is 0. The second-order valence-electron chi connectivity index (χ2n) is 3.40. The third-order valence-corrected chi connectivity index (χ3v) is 2.30. The average Bonchev–Trinajstić information content (AvgIpc) is 2.36. The lowest BCUT2D eigenvalue weighted by molar-refractivity contribution is -0.384. The van der Waals surface area contributed by atoms with E-state index in [1.165, 1.54) is 24.3 Å². The van der Waals surface area contributed by atoms with Crippen LogP contribution in [0.5, 0.6) is 0 Å². The Morgan fingerprint density at radius 2 is 2.11 bits per heavy atom. The van der Waals surface area contributed by atoms with Crippen molar-refractivity contribution in [2.45, 2.75) is 0 Å². The molecule has 1 aromatic carbocycles. The van der Waals surface area contributed by atoms with E-state index in [1.807, 2.05) is 0 Å². The number of carbonyl (C=O) groups excluding carboxylic acids is 1. The second-order valence-corrected chi connectivity index (χ2v) is 3.40. The first-order valence-electron chi connectivity index (χ1n) is 4.76. The van der Waals surface area contributed by atoms with Crippen LogP contribution in [0, 0.1) is 10.1 Å². The highest BCUT2D eigenvalue weighted by Crippen LogP contribution is 2.20. The highest BCUT2D eigenvalue weighted by atomic mass is 16.6. The van der Waals surface area contributed by atoms with Gasteiger partial charge >= 0.3 is 5.63 Å². The van der Waals surface area contributed by atoms with Crippen LogP contribution in [-0.4, -0.2) is 10.8 Å². The standard InChI is InChI=1S/C10H7N3O5/c11-12-9(14)7-4-5-3-6(13(16)17)1-2-8(5)18-10(7)15/h1-4H,11H2,(H,12,14). The molecule has 0 fully saturated rings. The number of nitro benzene ring substituents is 1. The normalized spacial score (nSPS) is 10.3. The summed E-state index contributed by atoms with van der Waals surface area (Å²) in [5.74, 6) is 4.08. The van der Waals surface area contributed by atoms with Gasteiger partial charge in [-0.3, -0.25) is 20.3 Å². The molecule has 0 unspecified atom stereocenters. The van der Waals surface area contributed by atoms with Crippen molar-refractivity contribution in [2.75, 3.05) is 0 Å². The number of hydrogen-bond donors (Lipinski definition) is 2. The predicted molar refractivity (Wildman–Crippen MR) is 60.8 cm³/mol. The first-order valence-corrected chi connectivity index (χ1v) is 4.76. The number of non-ortho nitro benzene ring substituents is 1. The molecule has 0 spiro atoms. The second kappa shape index (κ2) is 4.26. The first-order chi connectivity index (χ1) is 8.52. The van der Waals surface area contributed by atoms with Gasteiger partial charge in [0, 0.05) is 17.5 Å². The SMILES string of the molecule is NNC(=O)c1cc2cc([N+](=O)[O-])ccc2oc1=O. The van der Waals surface area contributed by atoms with Crippen LogP contribution in [0.3, 0.4) is 0 Å². The molecule has 0 aliphatic carbocycles. The van der Waals surface area contributed by atoms with Crippen molar-refractivity contribution in [2.24, 2.45) is 5.84 Å². The van der Waals surface area contributed by atoms with E-state index in [4.69, 9.17) is 10.3 Å². The van der Waals surface area contributed by atoms with Gasteiger partial charge in [-0.15, -0.1) is 0 Å². The van der Waals surface area contributed by atoms with Crippen LogP contribution in [0.25, 0.3) is 11.0 Å². The van der Waals surface area contributed by atoms with Crippen molar-refractivity contribution in [1.82, 2.24) is 5.43 Å². The van der Waals surface area contributed by atoms with Gasteiger partial charge in [-0.1, -0.05) is 0 Å². The van der Waals surface area contributed by atoms with Gasteiger partial charge in [-0.25, -0.2) is 10.6 Å². The molecule has 3 N–H and O–H groups in total. The minimum absolute atomic E-state index is 0.152. The minimum atomic E-state index is -0.862. The molecule has 0 aliphatic heterocycles. The number of benzene rings is 1. The maximum absolute atomic E-state index is 11.4. The zero-order valence-electron chi connectivity index (χ0n) is 8.88. The maximum atomic E-state index is 11.4. The summed E-state index contributed by atoms with van der Waals surface area (Å²) >= 11 is 0. The molecule has 1 aromatic heterocycles. The molecule has 0 bridgehead atoms. The first kappa shape index (κ1) is 11.7. The minimum Gasteiger partial charge on any atom is -0.422 e. The number of rotatable bonds is 2. The molecule has 1 heterocycles. The predicted octanol–water partition coefficient (Wildman–Crippen LogP) is 0.305. The number of carbonyl (C=O) groups is 1. The van der Waals surface area contributed by atoms with Gasteiger partial charge in [0.2, 0.25) is 0 Å². The Kier molecular flexibility index (Phi) is 2.78. The van der Waals surface area contributed by atoms with Gasteiger partial charge < -0.3 is 4.42 Å². The number of nitrogen functional groups attached to an aromatic ring is 1. The van der Waals surface area contributed by atoms with E-state index in [-0.39, 0.29) is 22.2 Å². The Balaban J connectivity index is 2.71. The van der Waals surface area contributed by atoms with Gasteiger partial charge in [-0.05, 0) is 12.1 Å². The summed E-state index contributed by atoms with van der Waals surface area (Å²) in [6.45, 7) is 0. The molecule has 0 atom stereocenters. The van der Waals surface area contributed by atoms with E-state index in [0.717, 1.165) is 0 Å². The van der Waals surface area contributed by atoms with Gasteiger partial charge in [0.25, 0.3) is 11.6 Å². The maximum Gasteiger partial charge on any atom is 0.349 e. The molecular weight excluding hydrogens is 242 g/mol. The van der Waals surface area contributed by atoms with E-state index in [2.05, 4.69) is 0 Å². The monoisotopic (exact) mass is 249 g/mol. The van der Waals surface area contributed by atoms with Crippen LogP contribution in [0.1, 0.15) is 10.4 Å². The fourth-order valence-electron chi connectivity index (χ4n) is 1.46. The molecule has 0 aliphatic rings. The van der Waals surface area contributed by atoms with Crippen LogP contribution in [0.2, 0.25) is 0 Å². The summed E-state index contributed by atoms with van der Waals surface area (Å²) in [4.78, 5) is 32.7. The molecule has 0 saturated carbocycles. The smallest absolute Gasteiger partial charge is 0.349 e. The van der Waals surface area contributed by atoms with Crippen LogP contribution < -0.4 is 16.9 Å². The Hall–Kier alpha value is -2.74. The third-order valence-electron chi connectivity index (χ3n) is 2.30. The molecule has 8 heteroatoms.